The number of rotatable bonds is 6. The van der Waals surface area contributed by atoms with E-state index < -0.39 is 30.0 Å². The Kier molecular flexibility index (Phi) is 5.19. The van der Waals surface area contributed by atoms with Gasteiger partial charge >= 0.3 is 20.2 Å². The molecule has 30 heavy (non-hydrogen) atoms. The van der Waals surface area contributed by atoms with Crippen molar-refractivity contribution in [2.75, 3.05) is 0 Å². The Labute approximate surface area is 174 Å². The van der Waals surface area contributed by atoms with E-state index in [1.54, 1.807) is 54.6 Å². The predicted octanol–water partition coefficient (Wildman–Crippen LogP) is 4.38. The molecule has 0 aromatic heterocycles. The largest absolute Gasteiger partial charge is 0.379 e. The zero-order valence-corrected chi connectivity index (χ0v) is 17.1. The minimum atomic E-state index is -4.51. The number of para-hydroxylation sites is 2. The van der Waals surface area contributed by atoms with E-state index in [9.17, 15) is 16.8 Å². The van der Waals surface area contributed by atoms with E-state index in [-0.39, 0.29) is 16.9 Å². The van der Waals surface area contributed by atoms with Crippen LogP contribution in [-0.2, 0) is 20.2 Å². The molecule has 152 valence electrons. The topological polar surface area (TPSA) is 86.7 Å². The Morgan fingerprint density at radius 1 is 0.500 bits per heavy atom. The maximum atomic E-state index is 13.2. The number of hydrogen-bond acceptors (Lipinski definition) is 6. The van der Waals surface area contributed by atoms with Crippen LogP contribution in [0.25, 0.3) is 10.8 Å². The van der Waals surface area contributed by atoms with E-state index in [1.165, 1.54) is 42.5 Å². The molecule has 0 saturated heterocycles. The minimum absolute atomic E-state index is 0.0674. The molecule has 0 N–H and O–H groups in total. The molecule has 4 aromatic rings. The van der Waals surface area contributed by atoms with E-state index in [4.69, 9.17) is 8.37 Å². The molecule has 0 aliphatic rings. The third kappa shape index (κ3) is 4.00. The summed E-state index contributed by atoms with van der Waals surface area (Å²) in [5.41, 5.74) is 0. The van der Waals surface area contributed by atoms with Gasteiger partial charge < -0.3 is 8.37 Å². The fourth-order valence-electron chi connectivity index (χ4n) is 2.97. The number of fused-ring (bicyclic) bond motifs is 1. The van der Waals surface area contributed by atoms with Crippen LogP contribution in [-0.4, -0.2) is 16.8 Å². The summed E-state index contributed by atoms with van der Waals surface area (Å²) in [7, 11) is -8.98. The lowest BCUT2D eigenvalue weighted by Crippen LogP contribution is -2.18. The number of hydrogen-bond donors (Lipinski definition) is 0. The van der Waals surface area contributed by atoms with Gasteiger partial charge in [0, 0.05) is 5.39 Å². The Hall–Kier alpha value is -3.36. The maximum absolute atomic E-state index is 13.2. The van der Waals surface area contributed by atoms with Crippen LogP contribution in [0.15, 0.2) is 107 Å². The summed E-state index contributed by atoms with van der Waals surface area (Å²) < 4.78 is 62.8. The van der Waals surface area contributed by atoms with Gasteiger partial charge in [-0.1, -0.05) is 66.7 Å². The summed E-state index contributed by atoms with van der Waals surface area (Å²) in [6.45, 7) is 0. The van der Waals surface area contributed by atoms with Gasteiger partial charge in [0.05, 0.1) is 0 Å². The molecule has 0 atom stereocenters. The highest BCUT2D eigenvalue weighted by Gasteiger charge is 2.32. The number of benzene rings is 4. The highest BCUT2D eigenvalue weighted by atomic mass is 32.2. The smallest absolute Gasteiger partial charge is 0.341 e. The molecule has 8 heteroatoms. The Balaban J connectivity index is 1.91. The average molecular weight is 440 g/mol. The van der Waals surface area contributed by atoms with E-state index in [0.29, 0.717) is 5.39 Å². The van der Waals surface area contributed by atoms with E-state index in [2.05, 4.69) is 0 Å². The summed E-state index contributed by atoms with van der Waals surface area (Å²) in [6, 6.07) is 25.0. The minimum Gasteiger partial charge on any atom is -0.379 e. The van der Waals surface area contributed by atoms with Crippen LogP contribution in [0.5, 0.6) is 11.5 Å². The fourth-order valence-corrected chi connectivity index (χ4v) is 5.83. The Bertz CT molecular complexity index is 1400. The predicted molar refractivity (Wildman–Crippen MR) is 112 cm³/mol. The van der Waals surface area contributed by atoms with Crippen LogP contribution < -0.4 is 8.37 Å². The molecule has 6 nitrogen and oxygen atoms in total. The van der Waals surface area contributed by atoms with Crippen molar-refractivity contribution in [1.82, 2.24) is 0 Å². The van der Waals surface area contributed by atoms with E-state index >= 15 is 0 Å². The summed E-state index contributed by atoms with van der Waals surface area (Å²) >= 11 is 0. The maximum Gasteiger partial charge on any atom is 0.341 e. The molecular formula is C22H16O6S2. The van der Waals surface area contributed by atoms with Gasteiger partial charge in [-0.2, -0.15) is 16.8 Å². The second-order valence-corrected chi connectivity index (χ2v) is 9.31. The third-order valence-electron chi connectivity index (χ3n) is 4.26. The van der Waals surface area contributed by atoms with Crippen molar-refractivity contribution >= 4 is 31.0 Å². The fraction of sp³-hybridized carbons (Fsp3) is 0. The highest BCUT2D eigenvalue weighted by Crippen LogP contribution is 2.33. The van der Waals surface area contributed by atoms with Gasteiger partial charge in [0.2, 0.25) is 0 Å². The van der Waals surface area contributed by atoms with Gasteiger partial charge in [0.15, 0.2) is 0 Å². The standard InChI is InChI=1S/C22H16O6S2/c23-29(24,27-18-10-3-1-4-11-18)21-16-15-17-9-7-8-14-20(17)22(21)30(25,26)28-19-12-5-2-6-13-19/h1-16H. The van der Waals surface area contributed by atoms with Crippen molar-refractivity contribution in [3.8, 4) is 11.5 Å². The second-order valence-electron chi connectivity index (χ2n) is 6.31. The molecular weight excluding hydrogens is 424 g/mol. The van der Waals surface area contributed by atoms with E-state index in [0.717, 1.165) is 0 Å². The van der Waals surface area contributed by atoms with Gasteiger partial charge in [-0.3, -0.25) is 0 Å². The first-order chi connectivity index (χ1) is 14.4. The molecule has 0 bridgehead atoms. The quantitative estimate of drug-likeness (QED) is 0.414. The molecule has 4 aromatic carbocycles. The van der Waals surface area contributed by atoms with Gasteiger partial charge in [0.1, 0.15) is 21.3 Å². The van der Waals surface area contributed by atoms with Crippen molar-refractivity contribution in [2.24, 2.45) is 0 Å². The molecule has 0 spiro atoms. The van der Waals surface area contributed by atoms with Gasteiger partial charge in [0.25, 0.3) is 0 Å². The SMILES string of the molecule is O=S(=O)(Oc1ccccc1)c1ccc2ccccc2c1S(=O)(=O)Oc1ccccc1. The van der Waals surface area contributed by atoms with Crippen molar-refractivity contribution in [1.29, 1.82) is 0 Å². The molecule has 0 aliphatic carbocycles. The Morgan fingerprint density at radius 2 is 1.00 bits per heavy atom. The van der Waals surface area contributed by atoms with Crippen LogP contribution >= 0.6 is 0 Å². The molecule has 0 aliphatic heterocycles. The van der Waals surface area contributed by atoms with Crippen LogP contribution in [0.2, 0.25) is 0 Å². The lowest BCUT2D eigenvalue weighted by Gasteiger charge is -2.15. The zero-order chi connectivity index (χ0) is 21.2. The summed E-state index contributed by atoms with van der Waals surface area (Å²) in [6.07, 6.45) is 0. The molecule has 0 fully saturated rings. The first kappa shape index (κ1) is 19.9. The van der Waals surface area contributed by atoms with Gasteiger partial charge in [-0.15, -0.1) is 0 Å². The zero-order valence-electron chi connectivity index (χ0n) is 15.5. The highest BCUT2D eigenvalue weighted by molar-refractivity contribution is 7.90. The average Bonchev–Trinajstić information content (AvgIpc) is 2.73. The Morgan fingerprint density at radius 3 is 1.60 bits per heavy atom. The second kappa shape index (κ2) is 7.81. The van der Waals surface area contributed by atoms with Crippen molar-refractivity contribution in [3.63, 3.8) is 0 Å². The van der Waals surface area contributed by atoms with Crippen LogP contribution in [0.1, 0.15) is 0 Å². The monoisotopic (exact) mass is 440 g/mol. The first-order valence-corrected chi connectivity index (χ1v) is 11.7. The van der Waals surface area contributed by atoms with Crippen LogP contribution in [0.3, 0.4) is 0 Å². The van der Waals surface area contributed by atoms with E-state index in [1.807, 2.05) is 0 Å². The molecule has 0 saturated carbocycles. The lowest BCUT2D eigenvalue weighted by atomic mass is 10.1. The van der Waals surface area contributed by atoms with Crippen molar-refractivity contribution in [2.45, 2.75) is 9.79 Å². The molecule has 0 heterocycles. The molecule has 0 radical (unpaired) electrons. The van der Waals surface area contributed by atoms with Crippen LogP contribution in [0, 0.1) is 0 Å². The summed E-state index contributed by atoms with van der Waals surface area (Å²) in [5, 5.41) is 0.762. The molecule has 0 amide bonds. The summed E-state index contributed by atoms with van der Waals surface area (Å²) in [4.78, 5) is -0.971. The summed E-state index contributed by atoms with van der Waals surface area (Å²) in [5.74, 6) is 0.135. The normalized spacial score (nSPS) is 11.9. The van der Waals surface area contributed by atoms with Crippen molar-refractivity contribution in [3.05, 3.63) is 97.1 Å². The molecule has 4 rings (SSSR count). The molecule has 0 unspecified atom stereocenters. The lowest BCUT2D eigenvalue weighted by molar-refractivity contribution is 0.471. The van der Waals surface area contributed by atoms with Gasteiger partial charge in [-0.25, -0.2) is 0 Å². The van der Waals surface area contributed by atoms with Crippen LogP contribution in [0.4, 0.5) is 0 Å². The third-order valence-corrected chi connectivity index (χ3v) is 7.03. The first-order valence-electron chi connectivity index (χ1n) is 8.88. The van der Waals surface area contributed by atoms with Crippen molar-refractivity contribution < 1.29 is 25.2 Å². The van der Waals surface area contributed by atoms with Gasteiger partial charge in [-0.05, 0) is 35.7 Å².